The largest absolute Gasteiger partial charge is 0.465 e. The monoisotopic (exact) mass is 480 g/mol. The zero-order chi connectivity index (χ0) is 23.8. The van der Waals surface area contributed by atoms with Crippen molar-refractivity contribution in [1.82, 2.24) is 29.3 Å². The van der Waals surface area contributed by atoms with Crippen molar-refractivity contribution in [3.05, 3.63) is 63.1 Å². The van der Waals surface area contributed by atoms with Crippen LogP contribution in [0.3, 0.4) is 0 Å². The lowest BCUT2D eigenvalue weighted by Crippen LogP contribution is -2.72. The molecule has 0 aliphatic carbocycles. The summed E-state index contributed by atoms with van der Waals surface area (Å²) in [6.45, 7) is 8.32. The highest BCUT2D eigenvalue weighted by atomic mass is 35.5. The Balaban J connectivity index is 1.17. The lowest BCUT2D eigenvalue weighted by atomic mass is 9.73. The van der Waals surface area contributed by atoms with Gasteiger partial charge in [0.2, 0.25) is 0 Å². The van der Waals surface area contributed by atoms with Crippen LogP contribution >= 0.6 is 11.6 Å². The van der Waals surface area contributed by atoms with E-state index in [1.54, 1.807) is 4.52 Å². The maximum absolute atomic E-state index is 13.5. The Morgan fingerprint density at radius 2 is 1.82 bits per heavy atom. The van der Waals surface area contributed by atoms with Gasteiger partial charge in [-0.3, -0.25) is 9.69 Å². The topological polar surface area (TPSA) is 94.3 Å². The molecule has 3 aliphatic heterocycles. The molecule has 6 rings (SSSR count). The number of rotatable bonds is 3. The highest BCUT2D eigenvalue weighted by molar-refractivity contribution is 6.31. The molecule has 34 heavy (non-hydrogen) atoms. The molecule has 176 valence electrons. The van der Waals surface area contributed by atoms with Gasteiger partial charge in [-0.2, -0.15) is 5.10 Å². The van der Waals surface area contributed by atoms with E-state index >= 15 is 0 Å². The molecule has 3 aliphatic rings. The van der Waals surface area contributed by atoms with E-state index in [1.165, 1.54) is 4.90 Å². The first-order valence-corrected chi connectivity index (χ1v) is 11.7. The second kappa shape index (κ2) is 7.41. The van der Waals surface area contributed by atoms with Gasteiger partial charge in [0.25, 0.3) is 5.91 Å². The number of aryl methyl sites for hydroxylation is 2. The third-order valence-corrected chi connectivity index (χ3v) is 7.87. The first-order valence-electron chi connectivity index (χ1n) is 11.4. The van der Waals surface area contributed by atoms with E-state index in [1.807, 2.05) is 43.0 Å². The fourth-order valence-electron chi connectivity index (χ4n) is 5.65. The molecule has 1 N–H and O–H groups in total. The van der Waals surface area contributed by atoms with Crippen LogP contribution in [0.15, 0.2) is 24.3 Å². The van der Waals surface area contributed by atoms with Crippen molar-refractivity contribution >= 4 is 29.2 Å². The van der Waals surface area contributed by atoms with Crippen LogP contribution < -0.4 is 0 Å². The number of benzene rings is 1. The predicted molar refractivity (Wildman–Crippen MR) is 125 cm³/mol. The summed E-state index contributed by atoms with van der Waals surface area (Å²) in [6.07, 6.45) is -0.845. The predicted octanol–water partition coefficient (Wildman–Crippen LogP) is 2.95. The second-order valence-electron chi connectivity index (χ2n) is 9.86. The molecule has 0 saturated carbocycles. The van der Waals surface area contributed by atoms with Crippen LogP contribution in [-0.2, 0) is 19.6 Å². The minimum absolute atomic E-state index is 0.00918. The highest BCUT2D eigenvalue weighted by Crippen LogP contribution is 2.40. The molecule has 0 radical (unpaired) electrons. The van der Waals surface area contributed by atoms with Gasteiger partial charge in [0.05, 0.1) is 35.2 Å². The molecule has 9 nitrogen and oxygen atoms in total. The Hall–Kier alpha value is -3.17. The number of carbonyl (C=O) groups is 2. The number of carbonyl (C=O) groups excluding carboxylic acids is 1. The normalized spacial score (nSPS) is 18.8. The summed E-state index contributed by atoms with van der Waals surface area (Å²) < 4.78 is 1.78. The SMILES string of the molecule is Cc1nc2c3c(nn2c(C)c1Cl)CN(C(=O)c1ccccc1CN1CC2(C1)CN(C(=O)O)C2)C3. The van der Waals surface area contributed by atoms with Crippen molar-refractivity contribution in [2.24, 2.45) is 5.41 Å². The van der Waals surface area contributed by atoms with E-state index in [2.05, 4.69) is 15.0 Å². The molecule has 2 aromatic heterocycles. The van der Waals surface area contributed by atoms with Gasteiger partial charge in [-0.05, 0) is 25.5 Å². The second-order valence-corrected chi connectivity index (χ2v) is 10.2. The summed E-state index contributed by atoms with van der Waals surface area (Å²) >= 11 is 6.35. The van der Waals surface area contributed by atoms with E-state index in [0.29, 0.717) is 43.3 Å². The number of carboxylic acid groups (broad SMARTS) is 1. The number of likely N-dealkylation sites (tertiary alicyclic amines) is 2. The van der Waals surface area contributed by atoms with Crippen LogP contribution in [0, 0.1) is 19.3 Å². The number of hydrogen-bond donors (Lipinski definition) is 1. The molecule has 2 amide bonds. The molecular weight excluding hydrogens is 456 g/mol. The summed E-state index contributed by atoms with van der Waals surface area (Å²) in [5.74, 6) is -0.00918. The lowest BCUT2D eigenvalue weighted by molar-refractivity contribution is -0.105. The average molecular weight is 481 g/mol. The molecule has 2 saturated heterocycles. The zero-order valence-electron chi connectivity index (χ0n) is 19.1. The Bertz CT molecular complexity index is 1350. The van der Waals surface area contributed by atoms with E-state index in [0.717, 1.165) is 46.9 Å². The third kappa shape index (κ3) is 3.18. The van der Waals surface area contributed by atoms with Gasteiger partial charge in [0, 0.05) is 49.3 Å². The van der Waals surface area contributed by atoms with Crippen LogP contribution in [0.5, 0.6) is 0 Å². The molecule has 1 aromatic carbocycles. The number of nitrogens with zero attached hydrogens (tertiary/aromatic N) is 6. The van der Waals surface area contributed by atoms with E-state index in [4.69, 9.17) is 16.7 Å². The maximum Gasteiger partial charge on any atom is 0.407 e. The zero-order valence-corrected chi connectivity index (χ0v) is 19.8. The van der Waals surface area contributed by atoms with Crippen molar-refractivity contribution in [3.63, 3.8) is 0 Å². The van der Waals surface area contributed by atoms with Crippen molar-refractivity contribution < 1.29 is 14.7 Å². The number of halogens is 1. The molecule has 2 fully saturated rings. The third-order valence-electron chi connectivity index (χ3n) is 7.33. The molecule has 1 spiro atoms. The molecule has 10 heteroatoms. The number of aromatic nitrogens is 3. The molecule has 0 unspecified atom stereocenters. The Morgan fingerprint density at radius 1 is 1.09 bits per heavy atom. The number of fused-ring (bicyclic) bond motifs is 3. The summed E-state index contributed by atoms with van der Waals surface area (Å²) in [5, 5.41) is 14.4. The van der Waals surface area contributed by atoms with Crippen molar-refractivity contribution in [2.75, 3.05) is 26.2 Å². The Morgan fingerprint density at radius 3 is 2.56 bits per heavy atom. The minimum Gasteiger partial charge on any atom is -0.465 e. The summed E-state index contributed by atoms with van der Waals surface area (Å²) in [7, 11) is 0. The smallest absolute Gasteiger partial charge is 0.407 e. The van der Waals surface area contributed by atoms with Gasteiger partial charge in [-0.1, -0.05) is 29.8 Å². The first-order chi connectivity index (χ1) is 16.2. The van der Waals surface area contributed by atoms with Crippen molar-refractivity contribution in [2.45, 2.75) is 33.5 Å². The summed E-state index contributed by atoms with van der Waals surface area (Å²) in [6, 6.07) is 7.75. The van der Waals surface area contributed by atoms with E-state index in [9.17, 15) is 9.59 Å². The fourth-order valence-corrected chi connectivity index (χ4v) is 5.77. The van der Waals surface area contributed by atoms with Gasteiger partial charge in [0.1, 0.15) is 0 Å². The Labute approximate surface area is 201 Å². The van der Waals surface area contributed by atoms with Crippen LogP contribution in [0.1, 0.15) is 38.6 Å². The molecular formula is C24H25ClN6O3. The van der Waals surface area contributed by atoms with Crippen molar-refractivity contribution in [1.29, 1.82) is 0 Å². The standard InChI is InChI=1S/C24H25ClN6O3/c1-14-20(25)15(2)31-21(26-14)18-8-29(9-19(18)27-31)22(32)17-6-4-3-5-16(17)7-28-10-24(11-28)12-30(13-24)23(33)34/h3-6H,7-13H2,1-2H3,(H,33,34). The lowest BCUT2D eigenvalue weighted by Gasteiger charge is -2.59. The van der Waals surface area contributed by atoms with Crippen LogP contribution in [0.2, 0.25) is 5.02 Å². The van der Waals surface area contributed by atoms with Crippen LogP contribution in [0.4, 0.5) is 4.79 Å². The maximum atomic E-state index is 13.5. The van der Waals surface area contributed by atoms with Gasteiger partial charge < -0.3 is 14.9 Å². The molecule has 0 atom stereocenters. The summed E-state index contributed by atoms with van der Waals surface area (Å²) in [5.41, 5.74) is 6.01. The molecule has 5 heterocycles. The van der Waals surface area contributed by atoms with Gasteiger partial charge in [-0.25, -0.2) is 14.3 Å². The van der Waals surface area contributed by atoms with E-state index < -0.39 is 6.09 Å². The Kier molecular flexibility index (Phi) is 4.66. The van der Waals surface area contributed by atoms with Gasteiger partial charge >= 0.3 is 6.09 Å². The summed E-state index contributed by atoms with van der Waals surface area (Å²) in [4.78, 5) is 34.8. The average Bonchev–Trinajstić information content (AvgIpc) is 3.31. The highest BCUT2D eigenvalue weighted by Gasteiger charge is 2.53. The molecule has 3 aromatic rings. The fraction of sp³-hybridized carbons (Fsp3) is 0.417. The van der Waals surface area contributed by atoms with E-state index in [-0.39, 0.29) is 11.3 Å². The van der Waals surface area contributed by atoms with Gasteiger partial charge in [-0.15, -0.1) is 0 Å². The van der Waals surface area contributed by atoms with Crippen molar-refractivity contribution in [3.8, 4) is 0 Å². The quantitative estimate of drug-likeness (QED) is 0.619. The van der Waals surface area contributed by atoms with Gasteiger partial charge in [0.15, 0.2) is 5.65 Å². The van der Waals surface area contributed by atoms with Crippen LogP contribution in [-0.4, -0.2) is 72.6 Å². The molecule has 0 bridgehead atoms. The number of amides is 2. The number of hydrogen-bond acceptors (Lipinski definition) is 5. The minimum atomic E-state index is -0.845. The van der Waals surface area contributed by atoms with Crippen LogP contribution in [0.25, 0.3) is 5.65 Å². The first kappa shape index (κ1) is 21.4.